The number of carbonyl (C=O) groups is 1. The number of piperidine rings is 1. The Morgan fingerprint density at radius 1 is 1.08 bits per heavy atom. The lowest BCUT2D eigenvalue weighted by Gasteiger charge is -2.37. The minimum atomic E-state index is -3.14. The predicted octanol–water partition coefficient (Wildman–Crippen LogP) is 0.784. The van der Waals surface area contributed by atoms with Gasteiger partial charge in [0, 0.05) is 51.9 Å². The van der Waals surface area contributed by atoms with E-state index in [2.05, 4.69) is 24.1 Å². The van der Waals surface area contributed by atoms with E-state index in [1.54, 1.807) is 11.8 Å². The molecular weight excluding hydrogens is 328 g/mol. The van der Waals surface area contributed by atoms with Crippen molar-refractivity contribution in [3.8, 4) is 0 Å². The highest BCUT2D eigenvalue weighted by atomic mass is 32.2. The molecule has 0 unspecified atom stereocenters. The van der Waals surface area contributed by atoms with Crippen LogP contribution in [0.5, 0.6) is 0 Å². The second-order valence-electron chi connectivity index (χ2n) is 7.20. The van der Waals surface area contributed by atoms with Gasteiger partial charge in [0.1, 0.15) is 0 Å². The van der Waals surface area contributed by atoms with Crippen LogP contribution in [0.15, 0.2) is 0 Å². The first kappa shape index (κ1) is 19.5. The molecule has 140 valence electrons. The minimum absolute atomic E-state index is 0.0501. The van der Waals surface area contributed by atoms with Crippen LogP contribution in [-0.4, -0.2) is 86.2 Å². The van der Waals surface area contributed by atoms with Crippen LogP contribution in [0.25, 0.3) is 0 Å². The molecule has 0 aromatic rings. The van der Waals surface area contributed by atoms with Gasteiger partial charge in [-0.05, 0) is 25.7 Å². The van der Waals surface area contributed by atoms with Gasteiger partial charge in [0.05, 0.1) is 5.75 Å². The molecule has 2 aliphatic heterocycles. The summed E-state index contributed by atoms with van der Waals surface area (Å²) < 4.78 is 25.2. The van der Waals surface area contributed by atoms with Crippen molar-refractivity contribution in [2.45, 2.75) is 39.7 Å². The Bertz CT molecular complexity index is 507. The summed E-state index contributed by atoms with van der Waals surface area (Å²) in [4.78, 5) is 16.6. The molecule has 1 N–H and O–H groups in total. The number of carbonyl (C=O) groups excluding carboxylic acids is 1. The number of likely N-dealkylation sites (tertiary alicyclic amines) is 1. The van der Waals surface area contributed by atoms with Crippen LogP contribution in [0.2, 0.25) is 0 Å². The van der Waals surface area contributed by atoms with Gasteiger partial charge >= 0.3 is 6.03 Å². The van der Waals surface area contributed by atoms with E-state index in [0.717, 1.165) is 32.5 Å². The zero-order valence-corrected chi connectivity index (χ0v) is 16.0. The van der Waals surface area contributed by atoms with Gasteiger partial charge in [-0.3, -0.25) is 0 Å². The van der Waals surface area contributed by atoms with Crippen molar-refractivity contribution in [1.82, 2.24) is 19.4 Å². The SMILES string of the molecule is CCS(=O)(=O)N1CCN(C(=O)NC2CCN(CC(C)C)CC2)CC1. The number of hydrogen-bond acceptors (Lipinski definition) is 4. The second-order valence-corrected chi connectivity index (χ2v) is 9.46. The van der Waals surface area contributed by atoms with Crippen LogP contribution < -0.4 is 5.32 Å². The van der Waals surface area contributed by atoms with Crippen LogP contribution >= 0.6 is 0 Å². The lowest BCUT2D eigenvalue weighted by Crippen LogP contribution is -2.55. The Balaban J connectivity index is 1.73. The third kappa shape index (κ3) is 5.32. The smallest absolute Gasteiger partial charge is 0.317 e. The Labute approximate surface area is 146 Å². The third-order valence-corrected chi connectivity index (χ3v) is 6.70. The summed E-state index contributed by atoms with van der Waals surface area (Å²) in [5.74, 6) is 0.792. The van der Waals surface area contributed by atoms with Crippen LogP contribution in [0.4, 0.5) is 4.79 Å². The Hall–Kier alpha value is -0.860. The van der Waals surface area contributed by atoms with E-state index < -0.39 is 10.0 Å². The van der Waals surface area contributed by atoms with Crippen LogP contribution in [-0.2, 0) is 10.0 Å². The highest BCUT2D eigenvalue weighted by molar-refractivity contribution is 7.89. The summed E-state index contributed by atoms with van der Waals surface area (Å²) in [6.07, 6.45) is 1.98. The van der Waals surface area contributed by atoms with Gasteiger partial charge in [-0.15, -0.1) is 0 Å². The molecule has 2 rings (SSSR count). The maximum absolute atomic E-state index is 12.4. The van der Waals surface area contributed by atoms with Crippen LogP contribution in [0.3, 0.4) is 0 Å². The molecule has 2 heterocycles. The van der Waals surface area contributed by atoms with E-state index in [4.69, 9.17) is 0 Å². The number of nitrogens with one attached hydrogen (secondary N) is 1. The summed E-state index contributed by atoms with van der Waals surface area (Å²) in [5, 5.41) is 3.12. The number of hydrogen-bond donors (Lipinski definition) is 1. The van der Waals surface area contributed by atoms with E-state index in [-0.39, 0.29) is 17.8 Å². The molecule has 0 atom stereocenters. The topological polar surface area (TPSA) is 73.0 Å². The summed E-state index contributed by atoms with van der Waals surface area (Å²) in [7, 11) is -3.14. The monoisotopic (exact) mass is 360 g/mol. The average Bonchev–Trinajstić information content (AvgIpc) is 2.56. The minimum Gasteiger partial charge on any atom is -0.335 e. The molecule has 7 nitrogen and oxygen atoms in total. The molecule has 0 bridgehead atoms. The molecule has 8 heteroatoms. The van der Waals surface area contributed by atoms with Crippen molar-refractivity contribution in [1.29, 1.82) is 0 Å². The molecule has 0 spiro atoms. The van der Waals surface area contributed by atoms with Gasteiger partial charge in [0.15, 0.2) is 0 Å². The second kappa shape index (κ2) is 8.49. The largest absolute Gasteiger partial charge is 0.335 e. The fraction of sp³-hybridized carbons (Fsp3) is 0.938. The molecule has 0 aromatic carbocycles. The highest BCUT2D eigenvalue weighted by Gasteiger charge is 2.29. The summed E-state index contributed by atoms with van der Waals surface area (Å²) in [6.45, 7) is 11.0. The number of rotatable bonds is 5. The summed E-state index contributed by atoms with van der Waals surface area (Å²) in [6, 6.07) is 0.184. The summed E-state index contributed by atoms with van der Waals surface area (Å²) >= 11 is 0. The fourth-order valence-corrected chi connectivity index (χ4v) is 4.48. The first-order valence-corrected chi connectivity index (χ1v) is 10.7. The number of piperazine rings is 1. The number of sulfonamides is 1. The van der Waals surface area contributed by atoms with E-state index in [1.807, 2.05) is 0 Å². The molecule has 0 aromatic heterocycles. The first-order valence-electron chi connectivity index (χ1n) is 9.07. The standard InChI is InChI=1S/C16H32N4O3S/c1-4-24(22,23)20-11-9-19(10-12-20)16(21)17-15-5-7-18(8-6-15)13-14(2)3/h14-15H,4-13H2,1-3H3,(H,17,21). The zero-order chi connectivity index (χ0) is 17.7. The van der Waals surface area contributed by atoms with Gasteiger partial charge in [-0.25, -0.2) is 13.2 Å². The van der Waals surface area contributed by atoms with E-state index in [9.17, 15) is 13.2 Å². The normalized spacial score (nSPS) is 22.1. The van der Waals surface area contributed by atoms with Gasteiger partial charge in [-0.1, -0.05) is 13.8 Å². The fourth-order valence-electron chi connectivity index (χ4n) is 3.39. The Morgan fingerprint density at radius 3 is 2.17 bits per heavy atom. The molecule has 0 aliphatic carbocycles. The predicted molar refractivity (Wildman–Crippen MR) is 95.4 cm³/mol. The Kier molecular flexibility index (Phi) is 6.88. The van der Waals surface area contributed by atoms with Crippen molar-refractivity contribution in [2.75, 3.05) is 51.6 Å². The molecule has 2 fully saturated rings. The average molecular weight is 361 g/mol. The van der Waals surface area contributed by atoms with E-state index in [1.165, 1.54) is 4.31 Å². The van der Waals surface area contributed by atoms with Crippen molar-refractivity contribution in [3.05, 3.63) is 0 Å². The number of nitrogens with zero attached hydrogens (tertiary/aromatic N) is 3. The molecule has 24 heavy (non-hydrogen) atoms. The lowest BCUT2D eigenvalue weighted by molar-refractivity contribution is 0.152. The number of urea groups is 1. The van der Waals surface area contributed by atoms with E-state index in [0.29, 0.717) is 32.1 Å². The molecular formula is C16H32N4O3S. The van der Waals surface area contributed by atoms with Crippen molar-refractivity contribution in [2.24, 2.45) is 5.92 Å². The van der Waals surface area contributed by atoms with Crippen LogP contribution in [0.1, 0.15) is 33.6 Å². The van der Waals surface area contributed by atoms with Crippen molar-refractivity contribution >= 4 is 16.1 Å². The molecule has 0 radical (unpaired) electrons. The van der Waals surface area contributed by atoms with E-state index >= 15 is 0 Å². The molecule has 0 saturated carbocycles. The summed E-state index contributed by atoms with van der Waals surface area (Å²) in [5.41, 5.74) is 0. The zero-order valence-electron chi connectivity index (χ0n) is 15.2. The highest BCUT2D eigenvalue weighted by Crippen LogP contribution is 2.13. The van der Waals surface area contributed by atoms with Crippen molar-refractivity contribution < 1.29 is 13.2 Å². The maximum atomic E-state index is 12.4. The van der Waals surface area contributed by atoms with Crippen molar-refractivity contribution in [3.63, 3.8) is 0 Å². The molecule has 2 amide bonds. The van der Waals surface area contributed by atoms with Gasteiger partial charge < -0.3 is 15.1 Å². The lowest BCUT2D eigenvalue weighted by atomic mass is 10.0. The quantitative estimate of drug-likeness (QED) is 0.786. The van der Waals surface area contributed by atoms with Gasteiger partial charge in [0.2, 0.25) is 10.0 Å². The Morgan fingerprint density at radius 2 is 1.67 bits per heavy atom. The maximum Gasteiger partial charge on any atom is 0.317 e. The van der Waals surface area contributed by atoms with Gasteiger partial charge in [-0.2, -0.15) is 4.31 Å². The molecule has 2 aliphatic rings. The first-order chi connectivity index (χ1) is 11.3. The number of amides is 2. The third-order valence-electron chi connectivity index (χ3n) is 4.82. The van der Waals surface area contributed by atoms with Crippen LogP contribution in [0, 0.1) is 5.92 Å². The van der Waals surface area contributed by atoms with Gasteiger partial charge in [0.25, 0.3) is 0 Å². The molecule has 2 saturated heterocycles.